The summed E-state index contributed by atoms with van der Waals surface area (Å²) in [5.41, 5.74) is 1.92. The molecular weight excluding hydrogens is 259 g/mol. The summed E-state index contributed by atoms with van der Waals surface area (Å²) >= 11 is 0. The van der Waals surface area contributed by atoms with Gasteiger partial charge in [0, 0.05) is 19.9 Å². The zero-order valence-corrected chi connectivity index (χ0v) is 11.1. The van der Waals surface area contributed by atoms with E-state index in [0.717, 1.165) is 17.3 Å². The highest BCUT2D eigenvalue weighted by atomic mass is 19.1. The van der Waals surface area contributed by atoms with Gasteiger partial charge in [0.1, 0.15) is 0 Å². The summed E-state index contributed by atoms with van der Waals surface area (Å²) in [4.78, 5) is 15.5. The molecule has 1 heterocycles. The van der Waals surface area contributed by atoms with Crippen molar-refractivity contribution in [2.45, 2.75) is 13.2 Å². The molecule has 0 radical (unpaired) electrons. The summed E-state index contributed by atoms with van der Waals surface area (Å²) in [5.74, 6) is -1.09. The molecule has 104 valence electrons. The Morgan fingerprint density at radius 1 is 1.30 bits per heavy atom. The highest BCUT2D eigenvalue weighted by molar-refractivity contribution is 5.94. The number of rotatable bonds is 5. The van der Waals surface area contributed by atoms with Crippen LogP contribution in [0, 0.1) is 5.82 Å². The van der Waals surface area contributed by atoms with E-state index in [9.17, 15) is 9.18 Å². The third kappa shape index (κ3) is 3.39. The van der Waals surface area contributed by atoms with Gasteiger partial charge in [-0.25, -0.2) is 4.39 Å². The molecule has 0 saturated carbocycles. The van der Waals surface area contributed by atoms with Gasteiger partial charge in [-0.2, -0.15) is 0 Å². The van der Waals surface area contributed by atoms with E-state index in [1.165, 1.54) is 12.3 Å². The SMILES string of the molecule is COCc1ccccc1CNC(=O)c1ccncc1F. The number of hydrogen-bond acceptors (Lipinski definition) is 3. The maximum absolute atomic E-state index is 13.4. The fourth-order valence-corrected chi connectivity index (χ4v) is 1.86. The summed E-state index contributed by atoms with van der Waals surface area (Å²) < 4.78 is 18.5. The molecule has 0 atom stereocenters. The monoisotopic (exact) mass is 274 g/mol. The van der Waals surface area contributed by atoms with Crippen molar-refractivity contribution in [1.29, 1.82) is 0 Å². The lowest BCUT2D eigenvalue weighted by Crippen LogP contribution is -2.24. The van der Waals surface area contributed by atoms with Crippen LogP contribution in [-0.2, 0) is 17.9 Å². The average Bonchev–Trinajstić information content (AvgIpc) is 2.47. The number of nitrogens with zero attached hydrogens (tertiary/aromatic N) is 1. The van der Waals surface area contributed by atoms with Crippen molar-refractivity contribution in [1.82, 2.24) is 10.3 Å². The first kappa shape index (κ1) is 14.1. The summed E-state index contributed by atoms with van der Waals surface area (Å²) in [5, 5.41) is 2.69. The highest BCUT2D eigenvalue weighted by Gasteiger charge is 2.11. The summed E-state index contributed by atoms with van der Waals surface area (Å²) in [6, 6.07) is 8.97. The van der Waals surface area contributed by atoms with Crippen LogP contribution in [0.15, 0.2) is 42.7 Å². The fourth-order valence-electron chi connectivity index (χ4n) is 1.86. The third-order valence-corrected chi connectivity index (χ3v) is 2.87. The van der Waals surface area contributed by atoms with E-state index in [1.807, 2.05) is 24.3 Å². The molecule has 1 amide bonds. The Balaban J connectivity index is 2.06. The molecule has 1 aromatic heterocycles. The Morgan fingerprint density at radius 3 is 2.75 bits per heavy atom. The van der Waals surface area contributed by atoms with Crippen LogP contribution in [0.3, 0.4) is 0 Å². The van der Waals surface area contributed by atoms with E-state index < -0.39 is 11.7 Å². The van der Waals surface area contributed by atoms with Crippen LogP contribution in [0.25, 0.3) is 0 Å². The standard InChI is InChI=1S/C15H15FN2O2/c1-20-10-12-5-3-2-4-11(12)8-18-15(19)13-6-7-17-9-14(13)16/h2-7,9H,8,10H2,1H3,(H,18,19). The van der Waals surface area contributed by atoms with Crippen LogP contribution in [0.4, 0.5) is 4.39 Å². The Hall–Kier alpha value is -2.27. The molecule has 0 aliphatic rings. The van der Waals surface area contributed by atoms with Gasteiger partial charge < -0.3 is 10.1 Å². The number of halogens is 1. The Bertz CT molecular complexity index is 602. The topological polar surface area (TPSA) is 51.2 Å². The number of benzene rings is 1. The van der Waals surface area contributed by atoms with Crippen LogP contribution < -0.4 is 5.32 Å². The van der Waals surface area contributed by atoms with Crippen LogP contribution in [-0.4, -0.2) is 18.0 Å². The molecule has 1 N–H and O–H groups in total. The molecule has 2 aromatic rings. The number of aromatic nitrogens is 1. The number of amides is 1. The largest absolute Gasteiger partial charge is 0.380 e. The maximum Gasteiger partial charge on any atom is 0.254 e. The average molecular weight is 274 g/mol. The summed E-state index contributed by atoms with van der Waals surface area (Å²) in [6.07, 6.45) is 2.41. The molecule has 4 nitrogen and oxygen atoms in total. The number of ether oxygens (including phenoxy) is 1. The van der Waals surface area contributed by atoms with Crippen molar-refractivity contribution in [3.8, 4) is 0 Å². The molecular formula is C15H15FN2O2. The number of carbonyl (C=O) groups is 1. The van der Waals surface area contributed by atoms with E-state index in [0.29, 0.717) is 13.2 Å². The molecule has 2 rings (SSSR count). The number of pyridine rings is 1. The molecule has 0 bridgehead atoms. The maximum atomic E-state index is 13.4. The van der Waals surface area contributed by atoms with Crippen LogP contribution >= 0.6 is 0 Å². The third-order valence-electron chi connectivity index (χ3n) is 2.87. The molecule has 1 aromatic carbocycles. The van der Waals surface area contributed by atoms with E-state index >= 15 is 0 Å². The molecule has 20 heavy (non-hydrogen) atoms. The van der Waals surface area contributed by atoms with Gasteiger partial charge in [-0.15, -0.1) is 0 Å². The van der Waals surface area contributed by atoms with E-state index in [4.69, 9.17) is 4.74 Å². The molecule has 0 unspecified atom stereocenters. The van der Waals surface area contributed by atoms with E-state index in [1.54, 1.807) is 7.11 Å². The second-order valence-corrected chi connectivity index (χ2v) is 4.24. The van der Waals surface area contributed by atoms with Gasteiger partial charge in [0.25, 0.3) is 5.91 Å². The first-order valence-electron chi connectivity index (χ1n) is 6.16. The first-order chi connectivity index (χ1) is 9.72. The van der Waals surface area contributed by atoms with Crippen molar-refractivity contribution in [3.05, 3.63) is 65.2 Å². The lowest BCUT2D eigenvalue weighted by atomic mass is 10.1. The van der Waals surface area contributed by atoms with Crippen molar-refractivity contribution >= 4 is 5.91 Å². The normalized spacial score (nSPS) is 10.3. The smallest absolute Gasteiger partial charge is 0.254 e. The number of hydrogen-bond donors (Lipinski definition) is 1. The van der Waals surface area contributed by atoms with Crippen molar-refractivity contribution in [2.75, 3.05) is 7.11 Å². The number of methoxy groups -OCH3 is 1. The second-order valence-electron chi connectivity index (χ2n) is 4.24. The zero-order chi connectivity index (χ0) is 14.4. The minimum Gasteiger partial charge on any atom is -0.380 e. The summed E-state index contributed by atoms with van der Waals surface area (Å²) in [6.45, 7) is 0.787. The van der Waals surface area contributed by atoms with Gasteiger partial charge >= 0.3 is 0 Å². The van der Waals surface area contributed by atoms with Gasteiger partial charge in [-0.3, -0.25) is 9.78 Å². The van der Waals surface area contributed by atoms with Gasteiger partial charge in [0.2, 0.25) is 0 Å². The first-order valence-corrected chi connectivity index (χ1v) is 6.16. The molecule has 0 saturated heterocycles. The predicted molar refractivity (Wildman–Crippen MR) is 72.5 cm³/mol. The fraction of sp³-hybridized carbons (Fsp3) is 0.200. The van der Waals surface area contributed by atoms with Crippen LogP contribution in [0.1, 0.15) is 21.5 Å². The lowest BCUT2D eigenvalue weighted by Gasteiger charge is -2.10. The quantitative estimate of drug-likeness (QED) is 0.910. The minimum absolute atomic E-state index is 0.00998. The van der Waals surface area contributed by atoms with E-state index in [2.05, 4.69) is 10.3 Å². The van der Waals surface area contributed by atoms with Crippen LogP contribution in [0.2, 0.25) is 0 Å². The predicted octanol–water partition coefficient (Wildman–Crippen LogP) is 2.30. The highest BCUT2D eigenvalue weighted by Crippen LogP contribution is 2.10. The molecule has 0 spiro atoms. The molecule has 5 heteroatoms. The Morgan fingerprint density at radius 2 is 2.05 bits per heavy atom. The minimum atomic E-state index is -0.629. The molecule has 0 aliphatic carbocycles. The van der Waals surface area contributed by atoms with Crippen molar-refractivity contribution < 1.29 is 13.9 Å². The van der Waals surface area contributed by atoms with Gasteiger partial charge in [0.15, 0.2) is 5.82 Å². The second kappa shape index (κ2) is 6.77. The number of nitrogens with one attached hydrogen (secondary N) is 1. The Kier molecular flexibility index (Phi) is 4.79. The summed E-state index contributed by atoms with van der Waals surface area (Å²) in [7, 11) is 1.61. The molecule has 0 aliphatic heterocycles. The van der Waals surface area contributed by atoms with Gasteiger partial charge in [0.05, 0.1) is 18.4 Å². The lowest BCUT2D eigenvalue weighted by molar-refractivity contribution is 0.0946. The Labute approximate surface area is 116 Å². The van der Waals surface area contributed by atoms with Gasteiger partial charge in [-0.05, 0) is 17.2 Å². The molecule has 0 fully saturated rings. The van der Waals surface area contributed by atoms with Crippen LogP contribution in [0.5, 0.6) is 0 Å². The van der Waals surface area contributed by atoms with Crippen molar-refractivity contribution in [2.24, 2.45) is 0 Å². The number of carbonyl (C=O) groups excluding carboxylic acids is 1. The van der Waals surface area contributed by atoms with Crippen molar-refractivity contribution in [3.63, 3.8) is 0 Å². The van der Waals surface area contributed by atoms with E-state index in [-0.39, 0.29) is 5.56 Å². The zero-order valence-electron chi connectivity index (χ0n) is 11.1. The van der Waals surface area contributed by atoms with Gasteiger partial charge in [-0.1, -0.05) is 24.3 Å².